The van der Waals surface area contributed by atoms with E-state index in [-0.39, 0.29) is 11.3 Å². The van der Waals surface area contributed by atoms with E-state index in [0.717, 1.165) is 38.0 Å². The number of hydrogen-bond donors (Lipinski definition) is 2. The van der Waals surface area contributed by atoms with Gasteiger partial charge in [0.25, 0.3) is 0 Å². The van der Waals surface area contributed by atoms with Gasteiger partial charge in [0.15, 0.2) is 0 Å². The molecule has 2 fully saturated rings. The third-order valence-electron chi connectivity index (χ3n) is 5.69. The van der Waals surface area contributed by atoms with E-state index in [1.807, 2.05) is 12.1 Å². The number of aromatic amines is 1. The summed E-state index contributed by atoms with van der Waals surface area (Å²) in [4.78, 5) is 16.7. The summed E-state index contributed by atoms with van der Waals surface area (Å²) in [5.74, 6) is 0.793. The molecule has 2 aliphatic rings. The summed E-state index contributed by atoms with van der Waals surface area (Å²) < 4.78 is 0. The van der Waals surface area contributed by atoms with Crippen molar-refractivity contribution in [3.05, 3.63) is 29.8 Å². The van der Waals surface area contributed by atoms with Crippen molar-refractivity contribution in [2.24, 2.45) is 5.41 Å². The van der Waals surface area contributed by atoms with Crippen LogP contribution in [0.15, 0.2) is 24.3 Å². The lowest BCUT2D eigenvalue weighted by Gasteiger charge is -2.47. The molecule has 2 aliphatic heterocycles. The zero-order chi connectivity index (χ0) is 18.1. The Kier molecular flexibility index (Phi) is 4.46. The molecule has 0 saturated carbocycles. The summed E-state index contributed by atoms with van der Waals surface area (Å²) in [6.45, 7) is 3.06. The number of piperidine rings is 2. The Hall–Kier alpha value is -2.32. The number of amides is 1. The topological polar surface area (TPSA) is 98.2 Å². The van der Waals surface area contributed by atoms with Gasteiger partial charge in [0.1, 0.15) is 0 Å². The number of aromatic nitrogens is 4. The summed E-state index contributed by atoms with van der Waals surface area (Å²) in [5, 5.41) is 24.1. The standard InChI is InChI=1S/C18H24N6O2/c1-23-12-15(25)10-18(17(23)26)6-8-24(9-7-18)11-13-2-4-14(5-3-13)16-19-21-22-20-16/h2-5,15,25H,6-12H2,1H3,(H,19,20,21,22). The number of rotatable bonds is 3. The van der Waals surface area contributed by atoms with Crippen molar-refractivity contribution in [3.8, 4) is 11.4 Å². The first-order valence-corrected chi connectivity index (χ1v) is 9.04. The Morgan fingerprint density at radius 2 is 2.00 bits per heavy atom. The second-order valence-corrected chi connectivity index (χ2v) is 7.53. The van der Waals surface area contributed by atoms with Gasteiger partial charge in [-0.25, -0.2) is 0 Å². The summed E-state index contributed by atoms with van der Waals surface area (Å²) >= 11 is 0. The van der Waals surface area contributed by atoms with Crippen molar-refractivity contribution in [2.45, 2.75) is 31.9 Å². The number of tetrazole rings is 1. The predicted octanol–water partition coefficient (Wildman–Crippen LogP) is 0.672. The maximum Gasteiger partial charge on any atom is 0.228 e. The van der Waals surface area contributed by atoms with Gasteiger partial charge < -0.3 is 10.0 Å². The zero-order valence-corrected chi connectivity index (χ0v) is 14.9. The Bertz CT molecular complexity index is 752. The molecule has 8 nitrogen and oxygen atoms in total. The van der Waals surface area contributed by atoms with Crippen LogP contribution in [0.4, 0.5) is 0 Å². The minimum Gasteiger partial charge on any atom is -0.391 e. The Labute approximate surface area is 152 Å². The maximum atomic E-state index is 12.6. The van der Waals surface area contributed by atoms with Gasteiger partial charge in [-0.1, -0.05) is 24.3 Å². The summed E-state index contributed by atoms with van der Waals surface area (Å²) in [6, 6.07) is 8.17. The van der Waals surface area contributed by atoms with Crippen LogP contribution in [0.25, 0.3) is 11.4 Å². The van der Waals surface area contributed by atoms with Crippen LogP contribution in [-0.4, -0.2) is 74.2 Å². The molecule has 138 valence electrons. The smallest absolute Gasteiger partial charge is 0.228 e. The van der Waals surface area contributed by atoms with E-state index in [4.69, 9.17) is 0 Å². The average Bonchev–Trinajstić information content (AvgIpc) is 3.17. The second-order valence-electron chi connectivity index (χ2n) is 7.53. The van der Waals surface area contributed by atoms with Gasteiger partial charge in [-0.15, -0.1) is 10.2 Å². The van der Waals surface area contributed by atoms with Gasteiger partial charge >= 0.3 is 0 Å². The molecule has 1 atom stereocenters. The normalized spacial score (nSPS) is 23.5. The van der Waals surface area contributed by atoms with Crippen molar-refractivity contribution in [2.75, 3.05) is 26.7 Å². The van der Waals surface area contributed by atoms with E-state index in [1.165, 1.54) is 5.56 Å². The first-order valence-electron chi connectivity index (χ1n) is 9.04. The van der Waals surface area contributed by atoms with E-state index in [0.29, 0.717) is 18.8 Å². The predicted molar refractivity (Wildman–Crippen MR) is 94.8 cm³/mol. The Balaban J connectivity index is 1.37. The van der Waals surface area contributed by atoms with Crippen LogP contribution in [0.1, 0.15) is 24.8 Å². The maximum absolute atomic E-state index is 12.6. The highest BCUT2D eigenvalue weighted by molar-refractivity contribution is 5.83. The minimum atomic E-state index is -0.401. The first kappa shape index (κ1) is 17.1. The molecule has 8 heteroatoms. The Morgan fingerprint density at radius 1 is 1.27 bits per heavy atom. The van der Waals surface area contributed by atoms with Crippen LogP contribution in [0.2, 0.25) is 0 Å². The molecule has 0 aliphatic carbocycles. The van der Waals surface area contributed by atoms with Crippen molar-refractivity contribution in [3.63, 3.8) is 0 Å². The van der Waals surface area contributed by atoms with Crippen molar-refractivity contribution in [1.29, 1.82) is 0 Å². The number of carbonyl (C=O) groups is 1. The fourth-order valence-corrected chi connectivity index (χ4v) is 4.27. The highest BCUT2D eigenvalue weighted by Gasteiger charge is 2.47. The number of benzene rings is 1. The van der Waals surface area contributed by atoms with E-state index in [9.17, 15) is 9.90 Å². The van der Waals surface area contributed by atoms with Crippen LogP contribution in [0.5, 0.6) is 0 Å². The van der Waals surface area contributed by atoms with Gasteiger partial charge in [0, 0.05) is 25.7 Å². The number of carbonyl (C=O) groups excluding carboxylic acids is 1. The van der Waals surface area contributed by atoms with Gasteiger partial charge in [-0.05, 0) is 43.1 Å². The molecule has 1 aromatic carbocycles. The molecule has 0 radical (unpaired) electrons. The highest BCUT2D eigenvalue weighted by atomic mass is 16.3. The van der Waals surface area contributed by atoms with Crippen LogP contribution >= 0.6 is 0 Å². The monoisotopic (exact) mass is 356 g/mol. The fourth-order valence-electron chi connectivity index (χ4n) is 4.27. The van der Waals surface area contributed by atoms with Crippen molar-refractivity contribution in [1.82, 2.24) is 30.4 Å². The van der Waals surface area contributed by atoms with E-state index in [1.54, 1.807) is 11.9 Å². The molecule has 2 saturated heterocycles. The number of nitrogens with one attached hydrogen (secondary N) is 1. The molecule has 4 rings (SSSR count). The number of β-amino-alcohol motifs (C(OH)–C–C–N with tert-alkyl or cyclic N) is 1. The van der Waals surface area contributed by atoms with Gasteiger partial charge in [-0.3, -0.25) is 9.69 Å². The molecule has 26 heavy (non-hydrogen) atoms. The third-order valence-corrected chi connectivity index (χ3v) is 5.69. The average molecular weight is 356 g/mol. The first-order chi connectivity index (χ1) is 12.6. The number of aliphatic hydroxyl groups is 1. The Morgan fingerprint density at radius 3 is 2.65 bits per heavy atom. The van der Waals surface area contributed by atoms with Crippen LogP contribution in [-0.2, 0) is 11.3 Å². The molecule has 1 spiro atoms. The SMILES string of the molecule is CN1CC(O)CC2(CCN(Cc3ccc(-c4nn[nH]n4)cc3)CC2)C1=O. The minimum absolute atomic E-state index is 0.201. The number of hydrogen-bond acceptors (Lipinski definition) is 6. The van der Waals surface area contributed by atoms with E-state index < -0.39 is 6.10 Å². The molecular formula is C18H24N6O2. The molecule has 1 amide bonds. The molecule has 2 N–H and O–H groups in total. The van der Waals surface area contributed by atoms with Crippen molar-refractivity contribution >= 4 is 5.91 Å². The van der Waals surface area contributed by atoms with Gasteiger partial charge in [0.05, 0.1) is 11.5 Å². The lowest BCUT2D eigenvalue weighted by Crippen LogP contribution is -2.56. The molecule has 1 unspecified atom stereocenters. The number of likely N-dealkylation sites (tertiary alicyclic amines) is 2. The summed E-state index contributed by atoms with van der Waals surface area (Å²) in [5.41, 5.74) is 1.79. The van der Waals surface area contributed by atoms with Crippen LogP contribution in [0.3, 0.4) is 0 Å². The highest BCUT2D eigenvalue weighted by Crippen LogP contribution is 2.40. The van der Waals surface area contributed by atoms with E-state index in [2.05, 4.69) is 37.7 Å². The summed E-state index contributed by atoms with van der Waals surface area (Å²) in [6.07, 6.45) is 1.83. The zero-order valence-electron chi connectivity index (χ0n) is 14.9. The number of nitrogens with zero attached hydrogens (tertiary/aromatic N) is 5. The number of H-pyrrole nitrogens is 1. The lowest BCUT2D eigenvalue weighted by molar-refractivity contribution is -0.154. The van der Waals surface area contributed by atoms with Crippen LogP contribution in [0, 0.1) is 5.41 Å². The van der Waals surface area contributed by atoms with Crippen LogP contribution < -0.4 is 0 Å². The molecule has 1 aromatic heterocycles. The van der Waals surface area contributed by atoms with Gasteiger partial charge in [0.2, 0.25) is 11.7 Å². The molecule has 2 aromatic rings. The van der Waals surface area contributed by atoms with Crippen molar-refractivity contribution < 1.29 is 9.90 Å². The largest absolute Gasteiger partial charge is 0.391 e. The van der Waals surface area contributed by atoms with Gasteiger partial charge in [-0.2, -0.15) is 5.21 Å². The third kappa shape index (κ3) is 3.22. The fraction of sp³-hybridized carbons (Fsp3) is 0.556. The quantitative estimate of drug-likeness (QED) is 0.839. The number of likely N-dealkylation sites (N-methyl/N-ethyl adjacent to an activating group) is 1. The van der Waals surface area contributed by atoms with E-state index >= 15 is 0 Å². The second kappa shape index (κ2) is 6.77. The number of aliphatic hydroxyl groups excluding tert-OH is 1. The molecule has 3 heterocycles. The molecular weight excluding hydrogens is 332 g/mol. The lowest BCUT2D eigenvalue weighted by atomic mass is 9.71. The molecule has 0 bridgehead atoms. The summed E-state index contributed by atoms with van der Waals surface area (Å²) in [7, 11) is 1.80.